The fraction of sp³-hybridized carbons (Fsp3) is 0.417. The molecule has 0 fully saturated rings. The molecule has 82 valence electrons. The first kappa shape index (κ1) is 11.9. The van der Waals surface area contributed by atoms with Crippen molar-refractivity contribution in [2.75, 3.05) is 13.7 Å². The van der Waals surface area contributed by atoms with Gasteiger partial charge in [-0.15, -0.1) is 0 Å². The van der Waals surface area contributed by atoms with Crippen molar-refractivity contribution < 1.29 is 13.9 Å². The van der Waals surface area contributed by atoms with Crippen LogP contribution in [0.4, 0.5) is 4.39 Å². The first-order chi connectivity index (χ1) is 7.15. The van der Waals surface area contributed by atoms with Crippen LogP contribution in [-0.2, 0) is 4.74 Å². The summed E-state index contributed by atoms with van der Waals surface area (Å²) in [6.07, 6.45) is 0.659. The van der Waals surface area contributed by atoms with Crippen LogP contribution in [0.3, 0.4) is 0 Å². The van der Waals surface area contributed by atoms with Crippen molar-refractivity contribution in [1.82, 2.24) is 0 Å². The van der Waals surface area contributed by atoms with Crippen LogP contribution in [0.1, 0.15) is 23.7 Å². The monoisotopic (exact) mass is 210 g/mol. The summed E-state index contributed by atoms with van der Waals surface area (Å²) in [5.41, 5.74) is 0.429. The number of Topliss-reactive ketones (excluding diaryl/α,β-unsaturated/α-hetero) is 1. The van der Waals surface area contributed by atoms with E-state index >= 15 is 0 Å². The smallest absolute Gasteiger partial charge is 0.165 e. The van der Waals surface area contributed by atoms with Crippen LogP contribution < -0.4 is 0 Å². The molecule has 1 aromatic rings. The highest BCUT2D eigenvalue weighted by atomic mass is 19.1. The average molecular weight is 210 g/mol. The quantitative estimate of drug-likeness (QED) is 0.698. The number of carbonyl (C=O) groups excluding carboxylic acids is 1. The summed E-state index contributed by atoms with van der Waals surface area (Å²) in [5, 5.41) is 0. The van der Waals surface area contributed by atoms with E-state index in [1.807, 2.05) is 6.92 Å². The Kier molecular flexibility index (Phi) is 4.43. The zero-order valence-electron chi connectivity index (χ0n) is 9.00. The number of hydrogen-bond acceptors (Lipinski definition) is 2. The standard InChI is InChI=1S/C12H15FO2/c1-9(6-7-15-2)12(14)10-4-3-5-11(13)8-10/h3-5,8-9H,6-7H2,1-2H3. The molecule has 0 saturated heterocycles. The lowest BCUT2D eigenvalue weighted by atomic mass is 9.97. The van der Waals surface area contributed by atoms with Crippen molar-refractivity contribution in [2.24, 2.45) is 5.92 Å². The predicted octanol–water partition coefficient (Wildman–Crippen LogP) is 2.68. The number of methoxy groups -OCH3 is 1. The number of ketones is 1. The molecule has 3 heteroatoms. The van der Waals surface area contributed by atoms with Gasteiger partial charge >= 0.3 is 0 Å². The molecule has 0 aliphatic rings. The van der Waals surface area contributed by atoms with Gasteiger partial charge in [-0.25, -0.2) is 4.39 Å². The lowest BCUT2D eigenvalue weighted by molar-refractivity contribution is 0.0893. The van der Waals surface area contributed by atoms with Gasteiger partial charge in [0.1, 0.15) is 5.82 Å². The van der Waals surface area contributed by atoms with Crippen LogP contribution in [0, 0.1) is 11.7 Å². The van der Waals surface area contributed by atoms with Gasteiger partial charge in [0.05, 0.1) is 0 Å². The molecule has 0 aliphatic carbocycles. The minimum atomic E-state index is -0.375. The van der Waals surface area contributed by atoms with Crippen molar-refractivity contribution in [1.29, 1.82) is 0 Å². The van der Waals surface area contributed by atoms with Crippen molar-refractivity contribution >= 4 is 5.78 Å². The summed E-state index contributed by atoms with van der Waals surface area (Å²) in [5.74, 6) is -0.543. The molecule has 0 aliphatic heterocycles. The predicted molar refractivity (Wildman–Crippen MR) is 56.4 cm³/mol. The second-order valence-electron chi connectivity index (χ2n) is 3.56. The number of halogens is 1. The number of carbonyl (C=O) groups is 1. The zero-order chi connectivity index (χ0) is 11.3. The van der Waals surface area contributed by atoms with Crippen LogP contribution in [0.2, 0.25) is 0 Å². The van der Waals surface area contributed by atoms with E-state index < -0.39 is 0 Å². The number of hydrogen-bond donors (Lipinski definition) is 0. The second-order valence-corrected chi connectivity index (χ2v) is 3.56. The Labute approximate surface area is 89.1 Å². The molecule has 0 amide bonds. The Bertz CT molecular complexity index is 336. The van der Waals surface area contributed by atoms with Crippen LogP contribution in [-0.4, -0.2) is 19.5 Å². The second kappa shape index (κ2) is 5.61. The third kappa shape index (κ3) is 3.44. The molecular formula is C12H15FO2. The normalized spacial score (nSPS) is 12.5. The molecule has 15 heavy (non-hydrogen) atoms. The summed E-state index contributed by atoms with van der Waals surface area (Å²) in [7, 11) is 1.60. The molecule has 1 unspecified atom stereocenters. The van der Waals surface area contributed by atoms with Crippen molar-refractivity contribution in [3.8, 4) is 0 Å². The molecule has 0 radical (unpaired) electrons. The minimum absolute atomic E-state index is 0.0356. The van der Waals surface area contributed by atoms with E-state index in [1.165, 1.54) is 12.1 Å². The van der Waals surface area contributed by atoms with Crippen molar-refractivity contribution in [3.05, 3.63) is 35.6 Å². The van der Waals surface area contributed by atoms with Gasteiger partial charge in [0.15, 0.2) is 5.78 Å². The molecule has 0 heterocycles. The summed E-state index contributed by atoms with van der Waals surface area (Å²) in [4.78, 5) is 11.8. The molecule has 2 nitrogen and oxygen atoms in total. The van der Waals surface area contributed by atoms with Crippen molar-refractivity contribution in [2.45, 2.75) is 13.3 Å². The lowest BCUT2D eigenvalue weighted by Crippen LogP contribution is -2.13. The van der Waals surface area contributed by atoms with E-state index in [0.717, 1.165) is 0 Å². The SMILES string of the molecule is COCCC(C)C(=O)c1cccc(F)c1. The molecule has 0 N–H and O–H groups in total. The van der Waals surface area contributed by atoms with Gasteiger partial charge in [-0.05, 0) is 18.6 Å². The molecule has 0 spiro atoms. The van der Waals surface area contributed by atoms with Gasteiger partial charge in [-0.2, -0.15) is 0 Å². The van der Waals surface area contributed by atoms with Gasteiger partial charge in [-0.1, -0.05) is 19.1 Å². The van der Waals surface area contributed by atoms with Gasteiger partial charge in [0, 0.05) is 25.2 Å². The summed E-state index contributed by atoms with van der Waals surface area (Å²) < 4.78 is 17.8. The summed E-state index contributed by atoms with van der Waals surface area (Å²) in [6, 6.07) is 5.78. The van der Waals surface area contributed by atoms with E-state index in [1.54, 1.807) is 19.2 Å². The van der Waals surface area contributed by atoms with E-state index in [0.29, 0.717) is 18.6 Å². The molecule has 0 aromatic heterocycles. The Morgan fingerprint density at radius 1 is 1.53 bits per heavy atom. The fourth-order valence-electron chi connectivity index (χ4n) is 1.35. The van der Waals surface area contributed by atoms with Crippen LogP contribution in [0.5, 0.6) is 0 Å². The maximum absolute atomic E-state index is 12.9. The topological polar surface area (TPSA) is 26.3 Å². The minimum Gasteiger partial charge on any atom is -0.385 e. The number of ether oxygens (including phenoxy) is 1. The number of benzene rings is 1. The average Bonchev–Trinajstić information content (AvgIpc) is 2.24. The van der Waals surface area contributed by atoms with E-state index in [9.17, 15) is 9.18 Å². The maximum Gasteiger partial charge on any atom is 0.165 e. The molecule has 0 saturated carbocycles. The Hall–Kier alpha value is -1.22. The molecule has 1 rings (SSSR count). The fourth-order valence-corrected chi connectivity index (χ4v) is 1.35. The third-order valence-electron chi connectivity index (χ3n) is 2.31. The Morgan fingerprint density at radius 3 is 2.87 bits per heavy atom. The van der Waals surface area contributed by atoms with Crippen molar-refractivity contribution in [3.63, 3.8) is 0 Å². The lowest BCUT2D eigenvalue weighted by Gasteiger charge is -2.09. The molecule has 1 aromatic carbocycles. The maximum atomic E-state index is 12.9. The molecule has 1 atom stereocenters. The van der Waals surface area contributed by atoms with E-state index in [2.05, 4.69) is 0 Å². The molecule has 0 bridgehead atoms. The van der Waals surface area contributed by atoms with E-state index in [-0.39, 0.29) is 17.5 Å². The van der Waals surface area contributed by atoms with Crippen LogP contribution in [0.25, 0.3) is 0 Å². The van der Waals surface area contributed by atoms with Gasteiger partial charge in [0.2, 0.25) is 0 Å². The largest absolute Gasteiger partial charge is 0.385 e. The third-order valence-corrected chi connectivity index (χ3v) is 2.31. The summed E-state index contributed by atoms with van der Waals surface area (Å²) in [6.45, 7) is 2.37. The molecular weight excluding hydrogens is 195 g/mol. The Morgan fingerprint density at radius 2 is 2.27 bits per heavy atom. The van der Waals surface area contributed by atoms with Crippen LogP contribution >= 0.6 is 0 Å². The highest BCUT2D eigenvalue weighted by Gasteiger charge is 2.14. The number of rotatable bonds is 5. The van der Waals surface area contributed by atoms with Gasteiger partial charge < -0.3 is 4.74 Å². The van der Waals surface area contributed by atoms with Gasteiger partial charge in [0.25, 0.3) is 0 Å². The highest BCUT2D eigenvalue weighted by Crippen LogP contribution is 2.13. The summed E-state index contributed by atoms with van der Waals surface area (Å²) >= 11 is 0. The zero-order valence-corrected chi connectivity index (χ0v) is 9.00. The van der Waals surface area contributed by atoms with E-state index in [4.69, 9.17) is 4.74 Å². The first-order valence-electron chi connectivity index (χ1n) is 4.94. The van der Waals surface area contributed by atoms with Crippen LogP contribution in [0.15, 0.2) is 24.3 Å². The highest BCUT2D eigenvalue weighted by molar-refractivity contribution is 5.97. The Balaban J connectivity index is 2.67. The first-order valence-corrected chi connectivity index (χ1v) is 4.94. The van der Waals surface area contributed by atoms with Gasteiger partial charge in [-0.3, -0.25) is 4.79 Å².